The summed E-state index contributed by atoms with van der Waals surface area (Å²) in [5.74, 6) is 1.83. The summed E-state index contributed by atoms with van der Waals surface area (Å²) in [7, 11) is 2.14. The highest BCUT2D eigenvalue weighted by atomic mass is 32.2. The predicted octanol–water partition coefficient (Wildman–Crippen LogP) is 3.23. The zero-order valence-corrected chi connectivity index (χ0v) is 13.5. The van der Waals surface area contributed by atoms with Gasteiger partial charge in [0.1, 0.15) is 0 Å². The van der Waals surface area contributed by atoms with E-state index in [1.807, 2.05) is 11.8 Å². The maximum absolute atomic E-state index is 4.66. The van der Waals surface area contributed by atoms with E-state index in [2.05, 4.69) is 66.4 Å². The van der Waals surface area contributed by atoms with Crippen LogP contribution in [0.25, 0.3) is 0 Å². The molecule has 1 atom stereocenters. The van der Waals surface area contributed by atoms with Crippen molar-refractivity contribution in [3.05, 3.63) is 30.3 Å². The predicted molar refractivity (Wildman–Crippen MR) is 90.9 cm³/mol. The van der Waals surface area contributed by atoms with Gasteiger partial charge >= 0.3 is 0 Å². The minimum atomic E-state index is 0.589. The first-order valence-corrected chi connectivity index (χ1v) is 8.35. The molecule has 1 aliphatic rings. The molecule has 0 bridgehead atoms. The van der Waals surface area contributed by atoms with Crippen molar-refractivity contribution in [2.45, 2.75) is 26.3 Å². The molecule has 1 N–H and O–H groups in total. The Kier molecular flexibility index (Phi) is 5.77. The van der Waals surface area contributed by atoms with Crippen molar-refractivity contribution < 1.29 is 0 Å². The molecule has 1 aromatic carbocycles. The molecule has 0 saturated carbocycles. The number of hydrogen-bond donors (Lipinski definition) is 1. The van der Waals surface area contributed by atoms with Crippen LogP contribution in [0.5, 0.6) is 0 Å². The van der Waals surface area contributed by atoms with Crippen molar-refractivity contribution >= 4 is 22.6 Å². The van der Waals surface area contributed by atoms with Crippen LogP contribution in [0.15, 0.2) is 35.3 Å². The summed E-state index contributed by atoms with van der Waals surface area (Å²) < 4.78 is 0. The number of hydrogen-bond acceptors (Lipinski definition) is 3. The first kappa shape index (κ1) is 15.2. The van der Waals surface area contributed by atoms with Gasteiger partial charge in [0.05, 0.1) is 0 Å². The van der Waals surface area contributed by atoms with Gasteiger partial charge in [-0.15, -0.1) is 0 Å². The Morgan fingerprint density at radius 2 is 2.10 bits per heavy atom. The lowest BCUT2D eigenvalue weighted by molar-refractivity contribution is 0.503. The van der Waals surface area contributed by atoms with E-state index in [0.717, 1.165) is 30.4 Å². The molecule has 2 rings (SSSR count). The van der Waals surface area contributed by atoms with Gasteiger partial charge in [0.25, 0.3) is 0 Å². The Balaban J connectivity index is 1.69. The van der Waals surface area contributed by atoms with Crippen molar-refractivity contribution in [2.75, 3.05) is 30.8 Å². The summed E-state index contributed by atoms with van der Waals surface area (Å²) in [6, 6.07) is 11.1. The van der Waals surface area contributed by atoms with Gasteiger partial charge in [-0.1, -0.05) is 43.8 Å². The van der Waals surface area contributed by atoms with Crippen molar-refractivity contribution in [3.63, 3.8) is 0 Å². The largest absolute Gasteiger partial charge is 0.375 e. The minimum absolute atomic E-state index is 0.589. The maximum Gasteiger partial charge on any atom is 0.156 e. The van der Waals surface area contributed by atoms with Crippen LogP contribution in [-0.4, -0.2) is 37.1 Å². The zero-order chi connectivity index (χ0) is 14.4. The van der Waals surface area contributed by atoms with Gasteiger partial charge in [-0.25, -0.2) is 0 Å². The average molecular weight is 291 g/mol. The lowest BCUT2D eigenvalue weighted by atomic mass is 10.1. The van der Waals surface area contributed by atoms with Crippen LogP contribution < -0.4 is 10.2 Å². The molecule has 20 heavy (non-hydrogen) atoms. The molecule has 0 aliphatic carbocycles. The van der Waals surface area contributed by atoms with Crippen LogP contribution in [0.4, 0.5) is 5.69 Å². The van der Waals surface area contributed by atoms with E-state index in [0.29, 0.717) is 12.0 Å². The molecule has 0 aromatic heterocycles. The van der Waals surface area contributed by atoms with E-state index < -0.39 is 0 Å². The van der Waals surface area contributed by atoms with E-state index in [1.54, 1.807) is 0 Å². The molecular weight excluding hydrogens is 266 g/mol. The van der Waals surface area contributed by atoms with Crippen molar-refractivity contribution in [2.24, 2.45) is 10.9 Å². The summed E-state index contributed by atoms with van der Waals surface area (Å²) in [6.45, 7) is 6.46. The second-order valence-corrected chi connectivity index (χ2v) is 6.61. The van der Waals surface area contributed by atoms with Crippen LogP contribution in [-0.2, 0) is 0 Å². The number of nitrogens with one attached hydrogen (secondary N) is 1. The van der Waals surface area contributed by atoms with Crippen LogP contribution in [0.2, 0.25) is 0 Å². The van der Waals surface area contributed by atoms with Crippen LogP contribution in [0.1, 0.15) is 20.3 Å². The SMILES string of the molecule is CC(C)[C@H]1CSC(=NCCCN(C)c2ccccc2)N1. The van der Waals surface area contributed by atoms with E-state index in [9.17, 15) is 0 Å². The number of amidine groups is 1. The summed E-state index contributed by atoms with van der Waals surface area (Å²) in [5, 5.41) is 4.64. The number of anilines is 1. The first-order chi connectivity index (χ1) is 9.66. The number of para-hydroxylation sites is 1. The van der Waals surface area contributed by atoms with Crippen LogP contribution in [0.3, 0.4) is 0 Å². The van der Waals surface area contributed by atoms with Crippen molar-refractivity contribution in [1.29, 1.82) is 0 Å². The van der Waals surface area contributed by atoms with Crippen LogP contribution >= 0.6 is 11.8 Å². The topological polar surface area (TPSA) is 27.6 Å². The molecule has 1 aromatic rings. The highest BCUT2D eigenvalue weighted by Crippen LogP contribution is 2.19. The summed E-state index contributed by atoms with van der Waals surface area (Å²) in [6.07, 6.45) is 1.09. The number of thioether (sulfide) groups is 1. The van der Waals surface area contributed by atoms with Crippen LogP contribution in [0, 0.1) is 5.92 Å². The monoisotopic (exact) mass is 291 g/mol. The third-order valence-corrected chi connectivity index (χ3v) is 4.66. The molecule has 0 amide bonds. The highest BCUT2D eigenvalue weighted by molar-refractivity contribution is 8.14. The van der Waals surface area contributed by atoms with Gasteiger partial charge in [-0.3, -0.25) is 4.99 Å². The summed E-state index contributed by atoms with van der Waals surface area (Å²) >= 11 is 1.86. The fourth-order valence-electron chi connectivity index (χ4n) is 2.16. The quantitative estimate of drug-likeness (QED) is 0.816. The molecule has 1 saturated heterocycles. The molecule has 110 valence electrons. The van der Waals surface area contributed by atoms with E-state index >= 15 is 0 Å². The van der Waals surface area contributed by atoms with Gasteiger partial charge in [0.2, 0.25) is 0 Å². The molecular formula is C16H25N3S. The van der Waals surface area contributed by atoms with E-state index in [4.69, 9.17) is 0 Å². The minimum Gasteiger partial charge on any atom is -0.375 e. The fourth-order valence-corrected chi connectivity index (χ4v) is 3.38. The fraction of sp³-hybridized carbons (Fsp3) is 0.562. The third kappa shape index (κ3) is 4.44. The summed E-state index contributed by atoms with van der Waals surface area (Å²) in [4.78, 5) is 6.95. The Morgan fingerprint density at radius 3 is 2.75 bits per heavy atom. The molecule has 0 unspecified atom stereocenters. The average Bonchev–Trinajstić information content (AvgIpc) is 2.93. The van der Waals surface area contributed by atoms with Gasteiger partial charge in [-0.05, 0) is 24.5 Å². The number of rotatable bonds is 6. The van der Waals surface area contributed by atoms with Gasteiger partial charge < -0.3 is 10.2 Å². The molecule has 1 heterocycles. The number of benzene rings is 1. The van der Waals surface area contributed by atoms with Gasteiger partial charge in [0, 0.05) is 37.6 Å². The Morgan fingerprint density at radius 1 is 1.35 bits per heavy atom. The molecule has 4 heteroatoms. The van der Waals surface area contributed by atoms with Crippen molar-refractivity contribution in [3.8, 4) is 0 Å². The lowest BCUT2D eigenvalue weighted by Gasteiger charge is -2.18. The number of aliphatic imine (C=N–C) groups is 1. The smallest absolute Gasteiger partial charge is 0.156 e. The zero-order valence-electron chi connectivity index (χ0n) is 12.7. The molecule has 0 radical (unpaired) electrons. The van der Waals surface area contributed by atoms with E-state index in [1.165, 1.54) is 5.69 Å². The standard InChI is InChI=1S/C16H25N3S/c1-13(2)15-12-20-16(18-15)17-10-7-11-19(3)14-8-5-4-6-9-14/h4-6,8-9,13,15H,7,10-12H2,1-3H3,(H,17,18)/t15-/m1/s1. The molecule has 0 spiro atoms. The molecule has 1 fully saturated rings. The van der Waals surface area contributed by atoms with Gasteiger partial charge in [-0.2, -0.15) is 0 Å². The Bertz CT molecular complexity index is 431. The number of nitrogens with zero attached hydrogens (tertiary/aromatic N) is 2. The highest BCUT2D eigenvalue weighted by Gasteiger charge is 2.22. The second kappa shape index (κ2) is 7.58. The summed E-state index contributed by atoms with van der Waals surface area (Å²) in [5.41, 5.74) is 1.27. The Hall–Kier alpha value is -1.16. The Labute approximate surface area is 126 Å². The second-order valence-electron chi connectivity index (χ2n) is 5.60. The van der Waals surface area contributed by atoms with E-state index in [-0.39, 0.29) is 0 Å². The molecule has 3 nitrogen and oxygen atoms in total. The maximum atomic E-state index is 4.66. The molecule has 1 aliphatic heterocycles. The van der Waals surface area contributed by atoms with Gasteiger partial charge in [0.15, 0.2) is 5.17 Å². The normalized spacial score (nSPS) is 20.4. The lowest BCUT2D eigenvalue weighted by Crippen LogP contribution is -2.31. The third-order valence-electron chi connectivity index (χ3n) is 3.62. The van der Waals surface area contributed by atoms with Crippen molar-refractivity contribution in [1.82, 2.24) is 5.32 Å². The first-order valence-electron chi connectivity index (χ1n) is 7.37.